The van der Waals surface area contributed by atoms with Gasteiger partial charge in [-0.05, 0) is 88.1 Å². The minimum atomic E-state index is -0.702. The molecule has 50 heavy (non-hydrogen) atoms. The summed E-state index contributed by atoms with van der Waals surface area (Å²) in [7, 11) is 1.57. The van der Waals surface area contributed by atoms with Crippen molar-refractivity contribution in [2.45, 2.75) is 86.7 Å². The zero-order chi connectivity index (χ0) is 36.1. The molecule has 0 aliphatic heterocycles. The minimum absolute atomic E-state index is 0.120. The van der Waals surface area contributed by atoms with Crippen molar-refractivity contribution in [1.29, 1.82) is 0 Å². The van der Waals surface area contributed by atoms with Gasteiger partial charge in [-0.2, -0.15) is 0 Å². The van der Waals surface area contributed by atoms with Gasteiger partial charge in [0.1, 0.15) is 17.1 Å². The van der Waals surface area contributed by atoms with E-state index in [0.29, 0.717) is 83.6 Å². The lowest BCUT2D eigenvalue weighted by molar-refractivity contribution is -0.122. The Kier molecular flexibility index (Phi) is 11.4. The van der Waals surface area contributed by atoms with E-state index in [-0.39, 0.29) is 11.8 Å². The number of amides is 2. The van der Waals surface area contributed by atoms with Gasteiger partial charge in [0.15, 0.2) is 11.9 Å². The van der Waals surface area contributed by atoms with Gasteiger partial charge in [-0.1, -0.05) is 57.7 Å². The topological polar surface area (TPSA) is 115 Å². The first kappa shape index (κ1) is 36.3. The number of carbonyl (C=O) groups excluding carboxylic acids is 2. The fraction of sp³-hybridized carbons (Fsp3) is 0.487. The Hall–Kier alpha value is -4.98. The fourth-order valence-electron chi connectivity index (χ4n) is 7.17. The first-order valence-corrected chi connectivity index (χ1v) is 17.7. The zero-order valence-corrected chi connectivity index (χ0v) is 30.6. The summed E-state index contributed by atoms with van der Waals surface area (Å²) in [5, 5.41) is 6.30. The van der Waals surface area contributed by atoms with E-state index < -0.39 is 12.2 Å². The molecular weight excluding hydrogens is 632 g/mol. The van der Waals surface area contributed by atoms with Gasteiger partial charge < -0.3 is 24.4 Å². The number of hydrogen-bond donors (Lipinski definition) is 2. The molecule has 2 aromatic heterocycles. The smallest absolute Gasteiger partial charge is 0.415 e. The second-order valence-corrected chi connectivity index (χ2v) is 13.5. The molecule has 11 heteroatoms. The first-order valence-electron chi connectivity index (χ1n) is 17.7. The molecule has 2 N–H and O–H groups in total. The van der Waals surface area contributed by atoms with Crippen molar-refractivity contribution in [1.82, 2.24) is 19.5 Å². The van der Waals surface area contributed by atoms with Gasteiger partial charge in [-0.25, -0.2) is 19.1 Å². The van der Waals surface area contributed by atoms with E-state index in [1.807, 2.05) is 52.8 Å². The number of methoxy groups -OCH3 is 1. The fourth-order valence-corrected chi connectivity index (χ4v) is 7.17. The van der Waals surface area contributed by atoms with Crippen LogP contribution in [0.5, 0.6) is 17.4 Å². The van der Waals surface area contributed by atoms with Gasteiger partial charge >= 0.3 is 6.09 Å². The highest BCUT2D eigenvalue weighted by atomic mass is 16.6. The first-order chi connectivity index (χ1) is 24.0. The Bertz CT molecular complexity index is 1870. The molecule has 1 aliphatic carbocycles. The number of fused-ring (bicyclic) bond motifs is 1. The Morgan fingerprint density at radius 3 is 2.40 bits per heavy atom. The second kappa shape index (κ2) is 15.7. The van der Waals surface area contributed by atoms with Crippen LogP contribution in [0.25, 0.3) is 21.9 Å². The molecule has 2 amide bonds. The minimum Gasteiger partial charge on any atom is -0.496 e. The van der Waals surface area contributed by atoms with Crippen molar-refractivity contribution < 1.29 is 23.8 Å². The van der Waals surface area contributed by atoms with Gasteiger partial charge in [-0.15, -0.1) is 0 Å². The van der Waals surface area contributed by atoms with Crippen molar-refractivity contribution >= 4 is 29.0 Å². The molecule has 3 atom stereocenters. The molecule has 0 saturated heterocycles. The maximum Gasteiger partial charge on any atom is 0.415 e. The van der Waals surface area contributed by atoms with Crippen LogP contribution in [0, 0.1) is 38.2 Å². The monoisotopic (exact) mass is 682 g/mol. The maximum absolute atomic E-state index is 13.5. The molecule has 4 aromatic rings. The summed E-state index contributed by atoms with van der Waals surface area (Å²) >= 11 is 0. The molecule has 2 aromatic carbocycles. The summed E-state index contributed by atoms with van der Waals surface area (Å²) in [6.07, 6.45) is 3.36. The standard InChI is InChI=1S/C39H50N6O5/c1-10-31(49-32-18-16-23(4)20-26(32)7)37(46)41-27-17-19-33(48-9)29(21-27)35-42-36-30(22-28-24(5)14-13-15-25(28)6)34(40-8)38(45(36)43-35)50-39(47)44(11-2)12-3/h16-21,24-25,28,31H,10-15,22H2,1-7,9H3,(H,41,46)(H,42,43). The predicted molar refractivity (Wildman–Crippen MR) is 195 cm³/mol. The maximum atomic E-state index is 13.5. The summed E-state index contributed by atoms with van der Waals surface area (Å²) in [6, 6.07) is 11.2. The Labute approximate surface area is 295 Å². The van der Waals surface area contributed by atoms with E-state index >= 15 is 0 Å². The van der Waals surface area contributed by atoms with Crippen LogP contribution in [0.1, 0.15) is 77.0 Å². The zero-order valence-electron chi connectivity index (χ0n) is 30.6. The van der Waals surface area contributed by atoms with E-state index in [2.05, 4.69) is 29.1 Å². The van der Waals surface area contributed by atoms with E-state index in [1.54, 1.807) is 34.7 Å². The molecule has 0 radical (unpaired) electrons. The normalized spacial score (nSPS) is 17.9. The van der Waals surface area contributed by atoms with Crippen LogP contribution in [0.2, 0.25) is 0 Å². The number of rotatable bonds is 12. The van der Waals surface area contributed by atoms with Gasteiger partial charge in [-0.3, -0.25) is 9.89 Å². The van der Waals surface area contributed by atoms with Gasteiger partial charge in [0.05, 0.1) is 19.2 Å². The second-order valence-electron chi connectivity index (χ2n) is 13.5. The third-order valence-electron chi connectivity index (χ3n) is 10.1. The molecule has 0 bridgehead atoms. The Morgan fingerprint density at radius 2 is 1.78 bits per heavy atom. The largest absolute Gasteiger partial charge is 0.496 e. The van der Waals surface area contributed by atoms with Gasteiger partial charge in [0.2, 0.25) is 5.88 Å². The third kappa shape index (κ3) is 7.44. The molecular formula is C39H50N6O5. The summed E-state index contributed by atoms with van der Waals surface area (Å²) in [6.45, 7) is 23.3. The van der Waals surface area contributed by atoms with Crippen LogP contribution in [0.15, 0.2) is 36.4 Å². The third-order valence-corrected chi connectivity index (χ3v) is 10.1. The number of hydrogen-bond acceptors (Lipinski definition) is 6. The van der Waals surface area contributed by atoms with Crippen molar-refractivity contribution in [3.8, 4) is 28.8 Å². The number of H-pyrrole nitrogens is 1. The van der Waals surface area contributed by atoms with Gasteiger partial charge in [0.25, 0.3) is 11.6 Å². The van der Waals surface area contributed by atoms with Crippen LogP contribution in [0.3, 0.4) is 0 Å². The lowest BCUT2D eigenvalue weighted by atomic mass is 9.71. The molecule has 5 rings (SSSR count). The SMILES string of the molecule is [C-]#[N+]c1c(CC2C(C)CCCC2C)c2nc(-c3cc(NC(=O)C(CC)Oc4ccc(C)cc4C)ccc3OC)[nH]n2c1OC(=O)N(CC)CC. The predicted octanol–water partition coefficient (Wildman–Crippen LogP) is 8.76. The average molecular weight is 683 g/mol. The summed E-state index contributed by atoms with van der Waals surface area (Å²) in [5.74, 6) is 2.81. The van der Waals surface area contributed by atoms with Crippen LogP contribution in [0.4, 0.5) is 16.2 Å². The van der Waals surface area contributed by atoms with Crippen molar-refractivity contribution in [3.05, 3.63) is 64.5 Å². The molecule has 1 saturated carbocycles. The molecule has 0 spiro atoms. The van der Waals surface area contributed by atoms with Crippen molar-refractivity contribution in [3.63, 3.8) is 0 Å². The number of nitrogens with one attached hydrogen (secondary N) is 2. The number of benzene rings is 2. The number of ether oxygens (including phenoxy) is 3. The summed E-state index contributed by atoms with van der Waals surface area (Å²) in [4.78, 5) is 37.2. The van der Waals surface area contributed by atoms with Crippen molar-refractivity contribution in [2.24, 2.45) is 17.8 Å². The van der Waals surface area contributed by atoms with E-state index in [0.717, 1.165) is 29.5 Å². The lowest BCUT2D eigenvalue weighted by Gasteiger charge is -2.34. The van der Waals surface area contributed by atoms with E-state index in [4.69, 9.17) is 25.8 Å². The molecule has 1 fully saturated rings. The van der Waals surface area contributed by atoms with Gasteiger partial charge in [0, 0.05) is 24.3 Å². The number of aromatic nitrogens is 3. The molecule has 3 unspecified atom stereocenters. The summed E-state index contributed by atoms with van der Waals surface area (Å²) in [5.41, 5.74) is 4.80. The number of aryl methyl sites for hydroxylation is 2. The molecule has 266 valence electrons. The van der Waals surface area contributed by atoms with E-state index in [9.17, 15) is 9.59 Å². The highest BCUT2D eigenvalue weighted by molar-refractivity contribution is 5.95. The molecule has 1 aliphatic rings. The van der Waals surface area contributed by atoms with Crippen LogP contribution < -0.4 is 19.5 Å². The highest BCUT2D eigenvalue weighted by Crippen LogP contribution is 2.44. The van der Waals surface area contributed by atoms with Crippen molar-refractivity contribution in [2.75, 3.05) is 25.5 Å². The average Bonchev–Trinajstić information content (AvgIpc) is 3.64. The van der Waals surface area contributed by atoms with Crippen LogP contribution in [-0.4, -0.2) is 57.8 Å². The highest BCUT2D eigenvalue weighted by Gasteiger charge is 2.33. The molecule has 2 heterocycles. The summed E-state index contributed by atoms with van der Waals surface area (Å²) < 4.78 is 19.4. The number of carbonyl (C=O) groups is 2. The molecule has 11 nitrogen and oxygen atoms in total. The van der Waals surface area contributed by atoms with Crippen LogP contribution >= 0.6 is 0 Å². The number of nitrogens with zero attached hydrogens (tertiary/aromatic N) is 4. The number of aromatic amines is 1. The lowest BCUT2D eigenvalue weighted by Crippen LogP contribution is -2.33. The number of anilines is 1. The van der Waals surface area contributed by atoms with E-state index in [1.165, 1.54) is 6.42 Å². The quantitative estimate of drug-likeness (QED) is 0.144. The Morgan fingerprint density at radius 1 is 1.08 bits per heavy atom. The van der Waals surface area contributed by atoms with Crippen LogP contribution in [-0.2, 0) is 11.2 Å². The Balaban J connectivity index is 1.54.